The van der Waals surface area contributed by atoms with Crippen LogP contribution in [0.5, 0.6) is 0 Å². The highest BCUT2D eigenvalue weighted by Crippen LogP contribution is 2.33. The first-order valence-corrected chi connectivity index (χ1v) is 10.6. The number of amides is 1. The van der Waals surface area contributed by atoms with Crippen LogP contribution in [0, 0.1) is 0 Å². The highest BCUT2D eigenvalue weighted by Gasteiger charge is 2.29. The minimum atomic E-state index is -4.34. The van der Waals surface area contributed by atoms with E-state index >= 15 is 0 Å². The van der Waals surface area contributed by atoms with Crippen LogP contribution in [0.2, 0.25) is 0 Å². The Kier molecular flexibility index (Phi) is 5.97. The minimum absolute atomic E-state index is 0.0390. The van der Waals surface area contributed by atoms with E-state index in [2.05, 4.69) is 21.7 Å². The summed E-state index contributed by atoms with van der Waals surface area (Å²) < 4.78 is 38.0. The number of nitrogens with two attached hydrogens (primary N) is 1. The molecule has 0 saturated heterocycles. The van der Waals surface area contributed by atoms with Gasteiger partial charge in [0.1, 0.15) is 0 Å². The number of alkyl halides is 3. The zero-order valence-electron chi connectivity index (χ0n) is 16.5. The number of hydrogen-bond donors (Lipinski definition) is 3. The van der Waals surface area contributed by atoms with Gasteiger partial charge in [0, 0.05) is 30.9 Å². The van der Waals surface area contributed by atoms with Crippen molar-refractivity contribution in [1.82, 2.24) is 4.98 Å². The summed E-state index contributed by atoms with van der Waals surface area (Å²) in [5.41, 5.74) is 9.23. The molecule has 9 heteroatoms. The van der Waals surface area contributed by atoms with Crippen molar-refractivity contribution in [3.05, 3.63) is 65.4 Å². The summed E-state index contributed by atoms with van der Waals surface area (Å²) in [6.07, 6.45) is -0.880. The fourth-order valence-electron chi connectivity index (χ4n) is 3.45. The molecule has 0 spiro atoms. The van der Waals surface area contributed by atoms with Crippen LogP contribution in [0.25, 0.3) is 10.4 Å². The zero-order chi connectivity index (χ0) is 22.0. The van der Waals surface area contributed by atoms with Gasteiger partial charge < -0.3 is 16.4 Å². The molecule has 3 aromatic rings. The van der Waals surface area contributed by atoms with Crippen molar-refractivity contribution in [2.45, 2.75) is 31.5 Å². The van der Waals surface area contributed by atoms with Crippen molar-refractivity contribution in [3.63, 3.8) is 0 Å². The van der Waals surface area contributed by atoms with E-state index < -0.39 is 11.7 Å². The molecule has 0 saturated carbocycles. The predicted octanol–water partition coefficient (Wildman–Crippen LogP) is 4.70. The number of carbonyl (C=O) groups is 1. The number of halogens is 3. The molecule has 0 aliphatic carbocycles. The molecule has 4 N–H and O–H groups in total. The molecule has 1 amide bonds. The van der Waals surface area contributed by atoms with Gasteiger partial charge in [-0.2, -0.15) is 13.2 Å². The summed E-state index contributed by atoms with van der Waals surface area (Å²) in [5, 5.41) is 6.80. The third-order valence-electron chi connectivity index (χ3n) is 5.09. The van der Waals surface area contributed by atoms with Crippen LogP contribution < -0.4 is 16.4 Å². The standard InChI is InChI=1S/C22H21F3N4OS/c23-22(24,25)16-5-1-13(2-6-16)9-17(26)11-27-21-28-12-19(31-21)15-3-7-18-14(10-15)4-8-20(30)29-18/h1-3,5-7,10,12,17H,4,8-9,11,26H2,(H,27,28)(H,29,30)/t17-/m0/s1. The van der Waals surface area contributed by atoms with Gasteiger partial charge in [0.2, 0.25) is 5.91 Å². The Labute approximate surface area is 181 Å². The van der Waals surface area contributed by atoms with Gasteiger partial charge in [-0.25, -0.2) is 4.98 Å². The van der Waals surface area contributed by atoms with E-state index in [1.165, 1.54) is 23.5 Å². The van der Waals surface area contributed by atoms with Gasteiger partial charge in [-0.1, -0.05) is 29.5 Å². The number of anilines is 2. The van der Waals surface area contributed by atoms with Crippen LogP contribution >= 0.6 is 11.3 Å². The van der Waals surface area contributed by atoms with E-state index in [-0.39, 0.29) is 11.9 Å². The Morgan fingerprint density at radius 1 is 1.16 bits per heavy atom. The first-order chi connectivity index (χ1) is 14.8. The lowest BCUT2D eigenvalue weighted by molar-refractivity contribution is -0.137. The van der Waals surface area contributed by atoms with Crippen molar-refractivity contribution in [2.24, 2.45) is 5.73 Å². The maximum atomic E-state index is 12.7. The summed E-state index contributed by atoms with van der Waals surface area (Å²) in [6.45, 7) is 0.449. The number of aryl methyl sites for hydroxylation is 1. The van der Waals surface area contributed by atoms with E-state index in [4.69, 9.17) is 5.73 Å². The number of fused-ring (bicyclic) bond motifs is 1. The average molecular weight is 446 g/mol. The Balaban J connectivity index is 1.33. The highest BCUT2D eigenvalue weighted by atomic mass is 32.1. The molecule has 162 valence electrons. The van der Waals surface area contributed by atoms with E-state index in [0.717, 1.165) is 50.9 Å². The first kappa shape index (κ1) is 21.3. The predicted molar refractivity (Wildman–Crippen MR) is 116 cm³/mol. The monoisotopic (exact) mass is 446 g/mol. The second kappa shape index (κ2) is 8.68. The summed E-state index contributed by atoms with van der Waals surface area (Å²) in [4.78, 5) is 16.9. The molecular weight excluding hydrogens is 425 g/mol. The van der Waals surface area contributed by atoms with Gasteiger partial charge >= 0.3 is 6.18 Å². The van der Waals surface area contributed by atoms with Crippen LogP contribution in [-0.2, 0) is 23.8 Å². The Bertz CT molecular complexity index is 1080. The molecule has 1 aliphatic rings. The fraction of sp³-hybridized carbons (Fsp3) is 0.273. The quantitative estimate of drug-likeness (QED) is 0.513. The molecule has 31 heavy (non-hydrogen) atoms. The van der Waals surface area contributed by atoms with E-state index in [1.54, 1.807) is 6.20 Å². The molecule has 2 heterocycles. The number of aromatic nitrogens is 1. The number of hydrogen-bond acceptors (Lipinski definition) is 5. The molecule has 0 fully saturated rings. The average Bonchev–Trinajstić information content (AvgIpc) is 3.21. The molecule has 2 aromatic carbocycles. The lowest BCUT2D eigenvalue weighted by atomic mass is 10.00. The molecule has 4 rings (SSSR count). The summed E-state index contributed by atoms with van der Waals surface area (Å²) >= 11 is 1.50. The molecule has 1 atom stereocenters. The van der Waals surface area contributed by atoms with Gasteiger partial charge in [-0.15, -0.1) is 0 Å². The summed E-state index contributed by atoms with van der Waals surface area (Å²) in [7, 11) is 0. The number of benzene rings is 2. The van der Waals surface area contributed by atoms with Gasteiger partial charge in [-0.3, -0.25) is 4.79 Å². The van der Waals surface area contributed by atoms with Gasteiger partial charge in [0.25, 0.3) is 0 Å². The van der Waals surface area contributed by atoms with Crippen molar-refractivity contribution in [1.29, 1.82) is 0 Å². The largest absolute Gasteiger partial charge is 0.416 e. The Morgan fingerprint density at radius 2 is 1.94 bits per heavy atom. The van der Waals surface area contributed by atoms with Crippen molar-refractivity contribution >= 4 is 28.1 Å². The van der Waals surface area contributed by atoms with Crippen molar-refractivity contribution < 1.29 is 18.0 Å². The smallest absolute Gasteiger partial charge is 0.360 e. The summed E-state index contributed by atoms with van der Waals surface area (Å²) in [6, 6.07) is 10.7. The summed E-state index contributed by atoms with van der Waals surface area (Å²) in [5.74, 6) is 0.0390. The molecule has 1 aromatic heterocycles. The Morgan fingerprint density at radius 3 is 2.68 bits per heavy atom. The minimum Gasteiger partial charge on any atom is -0.360 e. The molecular formula is C22H21F3N4OS. The van der Waals surface area contributed by atoms with Gasteiger partial charge in [0.15, 0.2) is 5.13 Å². The maximum absolute atomic E-state index is 12.7. The third kappa shape index (κ3) is 5.23. The zero-order valence-corrected chi connectivity index (χ0v) is 17.3. The molecule has 0 unspecified atom stereocenters. The number of rotatable bonds is 6. The fourth-order valence-corrected chi connectivity index (χ4v) is 4.27. The van der Waals surface area contributed by atoms with Crippen molar-refractivity contribution in [3.8, 4) is 10.4 Å². The van der Waals surface area contributed by atoms with Crippen LogP contribution in [0.4, 0.5) is 24.0 Å². The number of thiazole rings is 1. The lowest BCUT2D eigenvalue weighted by Crippen LogP contribution is -2.31. The molecule has 1 aliphatic heterocycles. The lowest BCUT2D eigenvalue weighted by Gasteiger charge is -2.17. The van der Waals surface area contributed by atoms with E-state index in [9.17, 15) is 18.0 Å². The third-order valence-corrected chi connectivity index (χ3v) is 6.09. The number of nitrogens with one attached hydrogen (secondary N) is 2. The maximum Gasteiger partial charge on any atom is 0.416 e. The normalized spacial score (nSPS) is 14.6. The van der Waals surface area contributed by atoms with Gasteiger partial charge in [0.05, 0.1) is 10.4 Å². The van der Waals surface area contributed by atoms with E-state index in [1.807, 2.05) is 12.1 Å². The topological polar surface area (TPSA) is 80.0 Å². The van der Waals surface area contributed by atoms with Crippen LogP contribution in [0.15, 0.2) is 48.7 Å². The molecule has 0 radical (unpaired) electrons. The van der Waals surface area contributed by atoms with Crippen LogP contribution in [0.1, 0.15) is 23.1 Å². The van der Waals surface area contributed by atoms with Crippen LogP contribution in [0.3, 0.4) is 0 Å². The van der Waals surface area contributed by atoms with Gasteiger partial charge in [-0.05, 0) is 53.8 Å². The van der Waals surface area contributed by atoms with Crippen LogP contribution in [-0.4, -0.2) is 23.5 Å². The molecule has 5 nitrogen and oxygen atoms in total. The Hall–Kier alpha value is -2.91. The second-order valence-electron chi connectivity index (χ2n) is 7.49. The second-order valence-corrected chi connectivity index (χ2v) is 8.52. The first-order valence-electron chi connectivity index (χ1n) is 9.82. The van der Waals surface area contributed by atoms with Crippen molar-refractivity contribution in [2.75, 3.05) is 17.2 Å². The number of nitrogens with zero attached hydrogens (tertiary/aromatic N) is 1. The van der Waals surface area contributed by atoms with E-state index in [0.29, 0.717) is 19.4 Å². The highest BCUT2D eigenvalue weighted by molar-refractivity contribution is 7.18. The number of carbonyl (C=O) groups excluding carboxylic acids is 1. The molecule has 0 bridgehead atoms. The SMILES string of the molecule is N[C@H](CNc1ncc(-c2ccc3c(c2)CCC(=O)N3)s1)Cc1ccc(C(F)(F)F)cc1.